The van der Waals surface area contributed by atoms with E-state index >= 15 is 0 Å². The van der Waals surface area contributed by atoms with Crippen molar-refractivity contribution in [3.63, 3.8) is 0 Å². The summed E-state index contributed by atoms with van der Waals surface area (Å²) < 4.78 is 1.83. The first kappa shape index (κ1) is 14.3. The molecular formula is C17H18N4O. The quantitative estimate of drug-likeness (QED) is 0.807. The van der Waals surface area contributed by atoms with Gasteiger partial charge < -0.3 is 9.88 Å². The van der Waals surface area contributed by atoms with Crippen molar-refractivity contribution in [2.24, 2.45) is 7.05 Å². The Kier molecular flexibility index (Phi) is 3.63. The molecule has 0 saturated heterocycles. The maximum absolute atomic E-state index is 12.3. The Morgan fingerprint density at radius 1 is 1.23 bits per heavy atom. The number of nitrogens with zero attached hydrogens (tertiary/aromatic N) is 3. The highest BCUT2D eigenvalue weighted by atomic mass is 16.1. The number of hydrogen-bond acceptors (Lipinski definition) is 3. The molecule has 1 amide bonds. The van der Waals surface area contributed by atoms with Crippen LogP contribution in [0.2, 0.25) is 0 Å². The Hall–Kier alpha value is -2.69. The average Bonchev–Trinajstić information content (AvgIpc) is 2.87. The molecule has 0 aliphatic carbocycles. The van der Waals surface area contributed by atoms with E-state index < -0.39 is 0 Å². The van der Waals surface area contributed by atoms with Crippen LogP contribution >= 0.6 is 0 Å². The minimum Gasteiger partial charge on any atom is -0.348 e. The van der Waals surface area contributed by atoms with Gasteiger partial charge in [0.25, 0.3) is 5.91 Å². The monoisotopic (exact) mass is 294 g/mol. The first-order chi connectivity index (χ1) is 10.5. The van der Waals surface area contributed by atoms with Gasteiger partial charge in [-0.05, 0) is 31.0 Å². The summed E-state index contributed by atoms with van der Waals surface area (Å²) in [5, 5.41) is 2.93. The van der Waals surface area contributed by atoms with Gasteiger partial charge in [0, 0.05) is 19.8 Å². The number of carbonyl (C=O) groups excluding carboxylic acids is 1. The number of rotatable bonds is 3. The Morgan fingerprint density at radius 2 is 2.05 bits per heavy atom. The number of aryl methyl sites for hydroxylation is 3. The van der Waals surface area contributed by atoms with E-state index in [9.17, 15) is 4.79 Å². The van der Waals surface area contributed by atoms with Crippen molar-refractivity contribution in [1.82, 2.24) is 19.9 Å². The first-order valence-corrected chi connectivity index (χ1v) is 7.16. The zero-order chi connectivity index (χ0) is 15.7. The van der Waals surface area contributed by atoms with Crippen LogP contribution in [0.15, 0.2) is 36.8 Å². The standard InChI is InChI=1S/C17H18N4O/c1-11-4-5-13(12(2)6-11)8-19-17(22)14-7-15-16(18-9-14)21(3)10-20-15/h4-7,9-10H,8H2,1-3H3,(H,19,22). The van der Waals surface area contributed by atoms with Gasteiger partial charge in [-0.25, -0.2) is 9.97 Å². The third-order valence-corrected chi connectivity index (χ3v) is 3.75. The number of amides is 1. The molecule has 112 valence electrons. The Morgan fingerprint density at radius 3 is 2.82 bits per heavy atom. The normalized spacial score (nSPS) is 10.9. The van der Waals surface area contributed by atoms with Crippen LogP contribution in [0, 0.1) is 13.8 Å². The molecule has 1 N–H and O–H groups in total. The predicted octanol–water partition coefficient (Wildman–Crippen LogP) is 2.52. The van der Waals surface area contributed by atoms with Gasteiger partial charge in [0.15, 0.2) is 5.65 Å². The van der Waals surface area contributed by atoms with Gasteiger partial charge in [-0.1, -0.05) is 23.8 Å². The Balaban J connectivity index is 1.75. The zero-order valence-corrected chi connectivity index (χ0v) is 12.9. The molecule has 1 aromatic carbocycles. The van der Waals surface area contributed by atoms with Crippen LogP contribution in [0.1, 0.15) is 27.0 Å². The topological polar surface area (TPSA) is 59.8 Å². The summed E-state index contributed by atoms with van der Waals surface area (Å²) in [5.41, 5.74) is 5.53. The summed E-state index contributed by atoms with van der Waals surface area (Å²) >= 11 is 0. The fraction of sp³-hybridized carbons (Fsp3) is 0.235. The van der Waals surface area contributed by atoms with Crippen molar-refractivity contribution >= 4 is 17.1 Å². The van der Waals surface area contributed by atoms with Crippen molar-refractivity contribution in [2.45, 2.75) is 20.4 Å². The van der Waals surface area contributed by atoms with E-state index in [0.717, 1.165) is 16.7 Å². The number of aromatic nitrogens is 3. The minimum atomic E-state index is -0.139. The van der Waals surface area contributed by atoms with Gasteiger partial charge in [0.1, 0.15) is 5.52 Å². The second-order valence-corrected chi connectivity index (χ2v) is 5.53. The Labute approximate surface area is 129 Å². The highest BCUT2D eigenvalue weighted by Crippen LogP contribution is 2.12. The van der Waals surface area contributed by atoms with E-state index in [0.29, 0.717) is 12.1 Å². The van der Waals surface area contributed by atoms with E-state index in [4.69, 9.17) is 0 Å². The summed E-state index contributed by atoms with van der Waals surface area (Å²) in [5.74, 6) is -0.139. The van der Waals surface area contributed by atoms with Crippen LogP contribution in [0.5, 0.6) is 0 Å². The van der Waals surface area contributed by atoms with Crippen LogP contribution < -0.4 is 5.32 Å². The van der Waals surface area contributed by atoms with E-state index in [-0.39, 0.29) is 5.91 Å². The third-order valence-electron chi connectivity index (χ3n) is 3.75. The van der Waals surface area contributed by atoms with Crippen LogP contribution in [0.25, 0.3) is 11.2 Å². The number of benzene rings is 1. The van der Waals surface area contributed by atoms with Gasteiger partial charge in [-0.15, -0.1) is 0 Å². The molecule has 0 bridgehead atoms. The molecule has 0 fully saturated rings. The van der Waals surface area contributed by atoms with Crippen molar-refractivity contribution in [3.05, 3.63) is 59.0 Å². The summed E-state index contributed by atoms with van der Waals surface area (Å²) in [6.07, 6.45) is 3.27. The second kappa shape index (κ2) is 5.60. The summed E-state index contributed by atoms with van der Waals surface area (Å²) in [6.45, 7) is 4.62. The molecule has 2 aromatic heterocycles. The SMILES string of the molecule is Cc1ccc(CNC(=O)c2cnc3c(c2)ncn3C)c(C)c1. The fourth-order valence-electron chi connectivity index (χ4n) is 2.46. The van der Waals surface area contributed by atoms with Crippen LogP contribution in [-0.4, -0.2) is 20.4 Å². The van der Waals surface area contributed by atoms with Crippen molar-refractivity contribution in [3.8, 4) is 0 Å². The molecule has 3 rings (SSSR count). The molecule has 22 heavy (non-hydrogen) atoms. The second-order valence-electron chi connectivity index (χ2n) is 5.53. The number of pyridine rings is 1. The predicted molar refractivity (Wildman–Crippen MR) is 85.6 cm³/mol. The highest BCUT2D eigenvalue weighted by molar-refractivity contribution is 5.96. The van der Waals surface area contributed by atoms with E-state index in [1.807, 2.05) is 17.7 Å². The largest absolute Gasteiger partial charge is 0.348 e. The lowest BCUT2D eigenvalue weighted by Crippen LogP contribution is -2.23. The summed E-state index contributed by atoms with van der Waals surface area (Å²) in [4.78, 5) is 20.8. The van der Waals surface area contributed by atoms with E-state index in [1.165, 1.54) is 11.1 Å². The van der Waals surface area contributed by atoms with Gasteiger partial charge in [0.2, 0.25) is 0 Å². The lowest BCUT2D eigenvalue weighted by molar-refractivity contribution is 0.0950. The summed E-state index contributed by atoms with van der Waals surface area (Å²) in [6, 6.07) is 7.98. The van der Waals surface area contributed by atoms with Gasteiger partial charge in [-0.3, -0.25) is 4.79 Å². The Bertz CT molecular complexity index is 851. The number of fused-ring (bicyclic) bond motifs is 1. The molecule has 0 spiro atoms. The smallest absolute Gasteiger partial charge is 0.253 e. The van der Waals surface area contributed by atoms with Crippen molar-refractivity contribution in [1.29, 1.82) is 0 Å². The maximum atomic E-state index is 12.3. The molecule has 0 radical (unpaired) electrons. The maximum Gasteiger partial charge on any atom is 0.253 e. The molecule has 5 heteroatoms. The highest BCUT2D eigenvalue weighted by Gasteiger charge is 2.10. The molecule has 0 atom stereocenters. The lowest BCUT2D eigenvalue weighted by Gasteiger charge is -2.09. The van der Waals surface area contributed by atoms with Crippen molar-refractivity contribution in [2.75, 3.05) is 0 Å². The summed E-state index contributed by atoms with van der Waals surface area (Å²) in [7, 11) is 1.88. The molecule has 2 heterocycles. The molecule has 0 aliphatic rings. The average molecular weight is 294 g/mol. The number of carbonyl (C=O) groups is 1. The molecule has 5 nitrogen and oxygen atoms in total. The van der Waals surface area contributed by atoms with E-state index in [1.54, 1.807) is 18.6 Å². The van der Waals surface area contributed by atoms with Crippen LogP contribution in [0.4, 0.5) is 0 Å². The van der Waals surface area contributed by atoms with E-state index in [2.05, 4.69) is 41.3 Å². The van der Waals surface area contributed by atoms with Gasteiger partial charge in [-0.2, -0.15) is 0 Å². The van der Waals surface area contributed by atoms with Crippen LogP contribution in [0.3, 0.4) is 0 Å². The lowest BCUT2D eigenvalue weighted by atomic mass is 10.1. The molecule has 0 aliphatic heterocycles. The zero-order valence-electron chi connectivity index (χ0n) is 12.9. The molecule has 0 saturated carbocycles. The van der Waals surface area contributed by atoms with Gasteiger partial charge in [0.05, 0.1) is 11.9 Å². The van der Waals surface area contributed by atoms with Gasteiger partial charge >= 0.3 is 0 Å². The third kappa shape index (κ3) is 2.70. The molecule has 0 unspecified atom stereocenters. The minimum absolute atomic E-state index is 0.139. The number of imidazole rings is 1. The van der Waals surface area contributed by atoms with Crippen LogP contribution in [-0.2, 0) is 13.6 Å². The number of nitrogens with one attached hydrogen (secondary N) is 1. The fourth-order valence-corrected chi connectivity index (χ4v) is 2.46. The molecule has 3 aromatic rings. The first-order valence-electron chi connectivity index (χ1n) is 7.16. The number of hydrogen-bond donors (Lipinski definition) is 1. The van der Waals surface area contributed by atoms with Crippen molar-refractivity contribution < 1.29 is 4.79 Å². The molecular weight excluding hydrogens is 276 g/mol.